The van der Waals surface area contributed by atoms with E-state index in [4.69, 9.17) is 11.6 Å². The zero-order chi connectivity index (χ0) is 20.9. The van der Waals surface area contributed by atoms with Crippen molar-refractivity contribution >= 4 is 55.3 Å². The Hall–Kier alpha value is -1.93. The van der Waals surface area contributed by atoms with Gasteiger partial charge < -0.3 is 5.32 Å². The largest absolute Gasteiger partial charge is 0.324 e. The molecular weight excluding hydrogens is 440 g/mol. The maximum atomic E-state index is 13.3. The molecule has 1 aliphatic heterocycles. The molecule has 3 aromatic rings. The summed E-state index contributed by atoms with van der Waals surface area (Å²) < 4.78 is 28.3. The van der Waals surface area contributed by atoms with E-state index in [0.717, 1.165) is 48.1 Å². The van der Waals surface area contributed by atoms with E-state index in [1.807, 2.05) is 18.2 Å². The van der Waals surface area contributed by atoms with Gasteiger partial charge in [-0.2, -0.15) is 4.31 Å². The first-order valence-electron chi connectivity index (χ1n) is 10.1. The molecule has 1 amide bonds. The second-order valence-electron chi connectivity index (χ2n) is 7.79. The number of halogens is 1. The zero-order valence-corrected chi connectivity index (χ0v) is 18.6. The quantitative estimate of drug-likeness (QED) is 0.606. The number of amides is 1. The van der Waals surface area contributed by atoms with Crippen LogP contribution in [0.25, 0.3) is 10.8 Å². The van der Waals surface area contributed by atoms with Crippen LogP contribution in [0, 0.1) is 0 Å². The number of nitrogens with zero attached hydrogens (tertiary/aromatic N) is 1. The summed E-state index contributed by atoms with van der Waals surface area (Å²) in [6, 6.07) is 12.5. The van der Waals surface area contributed by atoms with Crippen LogP contribution in [0.15, 0.2) is 46.7 Å². The molecule has 156 valence electrons. The summed E-state index contributed by atoms with van der Waals surface area (Å²) in [6.45, 7) is 0.333. The van der Waals surface area contributed by atoms with Gasteiger partial charge in [0.05, 0.1) is 4.34 Å². The Kier molecular flexibility index (Phi) is 5.09. The lowest BCUT2D eigenvalue weighted by Gasteiger charge is -2.33. The average molecular weight is 461 g/mol. The van der Waals surface area contributed by atoms with Crippen LogP contribution in [-0.4, -0.2) is 31.2 Å². The van der Waals surface area contributed by atoms with Gasteiger partial charge in [0.25, 0.3) is 10.0 Å². The maximum Gasteiger partial charge on any atom is 0.253 e. The standard InChI is InChI=1S/C22H21ClN2O3S2/c23-19-11-12-20(29-19)30(27,28)25-13-2-1-6-18(25)22(26)24-17-10-9-15-8-7-14-4-3-5-16(17)21(14)15/h3-5,9-12,18H,1-2,6-8,13H2,(H,24,26)/t18-/m1/s1. The fourth-order valence-corrected chi connectivity index (χ4v) is 7.85. The first-order valence-corrected chi connectivity index (χ1v) is 12.7. The summed E-state index contributed by atoms with van der Waals surface area (Å²) in [5, 5.41) is 5.27. The molecule has 0 saturated carbocycles. The van der Waals surface area contributed by atoms with Crippen molar-refractivity contribution in [3.8, 4) is 0 Å². The Morgan fingerprint density at radius 2 is 1.87 bits per heavy atom. The molecule has 1 atom stereocenters. The van der Waals surface area contributed by atoms with Gasteiger partial charge in [0.1, 0.15) is 10.3 Å². The molecule has 1 N–H and O–H groups in total. The molecule has 1 aliphatic carbocycles. The van der Waals surface area contributed by atoms with Crippen LogP contribution in [0.5, 0.6) is 0 Å². The minimum absolute atomic E-state index is 0.178. The lowest BCUT2D eigenvalue weighted by Crippen LogP contribution is -2.49. The number of carbonyl (C=O) groups is 1. The van der Waals surface area contributed by atoms with Crippen molar-refractivity contribution < 1.29 is 13.2 Å². The highest BCUT2D eigenvalue weighted by atomic mass is 35.5. The molecule has 5 rings (SSSR count). The van der Waals surface area contributed by atoms with Crippen molar-refractivity contribution in [1.29, 1.82) is 0 Å². The molecular formula is C22H21ClN2O3S2. The molecule has 2 aromatic carbocycles. The molecule has 1 fully saturated rings. The summed E-state index contributed by atoms with van der Waals surface area (Å²) in [7, 11) is -3.77. The highest BCUT2D eigenvalue weighted by Gasteiger charge is 2.38. The molecule has 8 heteroatoms. The topological polar surface area (TPSA) is 66.5 Å². The molecule has 0 bridgehead atoms. The smallest absolute Gasteiger partial charge is 0.253 e. The van der Waals surface area contributed by atoms with Crippen molar-refractivity contribution in [2.24, 2.45) is 0 Å². The number of carbonyl (C=O) groups excluding carboxylic acids is 1. The molecule has 1 aromatic heterocycles. The molecule has 2 heterocycles. The summed E-state index contributed by atoms with van der Waals surface area (Å²) >= 11 is 6.98. The molecule has 0 radical (unpaired) electrons. The van der Waals surface area contributed by atoms with Crippen LogP contribution < -0.4 is 5.32 Å². The number of nitrogens with one attached hydrogen (secondary N) is 1. The molecule has 2 aliphatic rings. The minimum atomic E-state index is -3.77. The van der Waals surface area contributed by atoms with Crippen molar-refractivity contribution in [3.63, 3.8) is 0 Å². The third-order valence-corrected chi connectivity index (χ3v) is 9.61. The Morgan fingerprint density at radius 3 is 2.63 bits per heavy atom. The van der Waals surface area contributed by atoms with Gasteiger partial charge >= 0.3 is 0 Å². The maximum absolute atomic E-state index is 13.3. The normalized spacial score (nSPS) is 19.3. The Bertz CT molecular complexity index is 1240. The van der Waals surface area contributed by atoms with Gasteiger partial charge in [0.15, 0.2) is 0 Å². The fourth-order valence-electron chi connectivity index (χ4n) is 4.58. The number of anilines is 1. The molecule has 30 heavy (non-hydrogen) atoms. The van der Waals surface area contributed by atoms with Gasteiger partial charge in [-0.3, -0.25) is 4.79 Å². The Balaban J connectivity index is 1.46. The number of hydrogen-bond acceptors (Lipinski definition) is 4. The molecule has 5 nitrogen and oxygen atoms in total. The van der Waals surface area contributed by atoms with E-state index in [1.54, 1.807) is 6.07 Å². The number of thiophene rings is 1. The minimum Gasteiger partial charge on any atom is -0.324 e. The van der Waals surface area contributed by atoms with Gasteiger partial charge in [-0.1, -0.05) is 42.3 Å². The second-order valence-corrected chi connectivity index (χ2v) is 11.6. The summed E-state index contributed by atoms with van der Waals surface area (Å²) in [4.78, 5) is 13.3. The fraction of sp³-hybridized carbons (Fsp3) is 0.318. The number of aryl methyl sites for hydroxylation is 2. The van der Waals surface area contributed by atoms with Gasteiger partial charge in [-0.15, -0.1) is 11.3 Å². The van der Waals surface area contributed by atoms with E-state index in [-0.39, 0.29) is 10.1 Å². The molecule has 1 saturated heterocycles. The third kappa shape index (κ3) is 3.34. The monoisotopic (exact) mass is 460 g/mol. The van der Waals surface area contributed by atoms with Crippen LogP contribution in [0.1, 0.15) is 30.4 Å². The lowest BCUT2D eigenvalue weighted by molar-refractivity contribution is -0.120. The Morgan fingerprint density at radius 1 is 1.07 bits per heavy atom. The SMILES string of the molecule is O=C(Nc1ccc2c3c(cccc13)CC2)[C@H]1CCCCN1S(=O)(=O)c1ccc(Cl)s1. The van der Waals surface area contributed by atoms with E-state index in [9.17, 15) is 13.2 Å². The van der Waals surface area contributed by atoms with Crippen LogP contribution in [0.2, 0.25) is 4.34 Å². The van der Waals surface area contributed by atoms with Gasteiger partial charge in [0, 0.05) is 17.6 Å². The van der Waals surface area contributed by atoms with Crippen LogP contribution in [-0.2, 0) is 27.7 Å². The first kappa shape index (κ1) is 20.0. The van der Waals surface area contributed by atoms with E-state index < -0.39 is 16.1 Å². The summed E-state index contributed by atoms with van der Waals surface area (Å²) in [6.07, 6.45) is 4.10. The van der Waals surface area contributed by atoms with Crippen molar-refractivity contribution in [2.45, 2.75) is 42.4 Å². The van der Waals surface area contributed by atoms with Crippen LogP contribution in [0.4, 0.5) is 5.69 Å². The third-order valence-electron chi connectivity index (χ3n) is 6.00. The first-order chi connectivity index (χ1) is 14.4. The van der Waals surface area contributed by atoms with Crippen molar-refractivity contribution in [3.05, 3.63) is 57.9 Å². The number of benzene rings is 2. The zero-order valence-electron chi connectivity index (χ0n) is 16.2. The number of rotatable bonds is 4. The van der Waals surface area contributed by atoms with Crippen molar-refractivity contribution in [2.75, 3.05) is 11.9 Å². The highest BCUT2D eigenvalue weighted by molar-refractivity contribution is 7.91. The predicted octanol–water partition coefficient (Wildman–Crippen LogP) is 4.84. The number of piperidine rings is 1. The Labute approximate surface area is 184 Å². The van der Waals surface area contributed by atoms with E-state index >= 15 is 0 Å². The second kappa shape index (κ2) is 7.64. The van der Waals surface area contributed by atoms with Gasteiger partial charge in [0.2, 0.25) is 5.91 Å². The molecule has 0 spiro atoms. The van der Waals surface area contributed by atoms with E-state index in [0.29, 0.717) is 17.3 Å². The van der Waals surface area contributed by atoms with Crippen LogP contribution >= 0.6 is 22.9 Å². The predicted molar refractivity (Wildman–Crippen MR) is 121 cm³/mol. The van der Waals surface area contributed by atoms with Crippen molar-refractivity contribution in [1.82, 2.24) is 4.31 Å². The average Bonchev–Trinajstić information content (AvgIpc) is 3.38. The summed E-state index contributed by atoms with van der Waals surface area (Å²) in [5.41, 5.74) is 3.34. The van der Waals surface area contributed by atoms with Gasteiger partial charge in [-0.25, -0.2) is 8.42 Å². The highest BCUT2D eigenvalue weighted by Crippen LogP contribution is 2.36. The number of sulfonamides is 1. The van der Waals surface area contributed by atoms with E-state index in [1.165, 1.54) is 26.9 Å². The van der Waals surface area contributed by atoms with Gasteiger partial charge in [-0.05, 0) is 60.4 Å². The molecule has 0 unspecified atom stereocenters. The summed E-state index contributed by atoms with van der Waals surface area (Å²) in [5.74, 6) is -0.278. The lowest BCUT2D eigenvalue weighted by atomic mass is 10.0. The number of hydrogen-bond donors (Lipinski definition) is 1. The van der Waals surface area contributed by atoms with E-state index in [2.05, 4.69) is 17.4 Å². The van der Waals surface area contributed by atoms with Crippen LogP contribution in [0.3, 0.4) is 0 Å².